The van der Waals surface area contributed by atoms with Crippen molar-refractivity contribution in [2.24, 2.45) is 0 Å². The van der Waals surface area contributed by atoms with E-state index in [9.17, 15) is 0 Å². The Bertz CT molecular complexity index is 359. The first kappa shape index (κ1) is 12.3. The summed E-state index contributed by atoms with van der Waals surface area (Å²) < 4.78 is 5.74. The predicted octanol–water partition coefficient (Wildman–Crippen LogP) is 1.73. The van der Waals surface area contributed by atoms with Gasteiger partial charge in [-0.15, -0.1) is 0 Å². The van der Waals surface area contributed by atoms with Gasteiger partial charge in [0.25, 0.3) is 0 Å². The van der Waals surface area contributed by atoms with E-state index in [0.717, 1.165) is 25.5 Å². The van der Waals surface area contributed by atoms with E-state index < -0.39 is 0 Å². The largest absolute Gasteiger partial charge is 0.373 e. The summed E-state index contributed by atoms with van der Waals surface area (Å²) in [5.74, 6) is 0.972. The van der Waals surface area contributed by atoms with E-state index in [2.05, 4.69) is 35.1 Å². The van der Waals surface area contributed by atoms with E-state index in [1.807, 2.05) is 19.3 Å². The van der Waals surface area contributed by atoms with Gasteiger partial charge in [0.2, 0.25) is 0 Å². The molecule has 0 aliphatic carbocycles. The van der Waals surface area contributed by atoms with Gasteiger partial charge in [-0.25, -0.2) is 4.98 Å². The highest BCUT2D eigenvalue weighted by molar-refractivity contribution is 5.42. The van der Waals surface area contributed by atoms with Crippen molar-refractivity contribution in [2.75, 3.05) is 25.5 Å². The zero-order valence-electron chi connectivity index (χ0n) is 10.8. The molecule has 0 spiro atoms. The molecule has 1 aliphatic heterocycles. The molecule has 2 rings (SSSR count). The van der Waals surface area contributed by atoms with Gasteiger partial charge in [-0.3, -0.25) is 4.90 Å². The Morgan fingerprint density at radius 3 is 2.76 bits per heavy atom. The minimum atomic E-state index is 0.313. The smallest absolute Gasteiger partial charge is 0.130 e. The van der Waals surface area contributed by atoms with Gasteiger partial charge in [-0.1, -0.05) is 6.07 Å². The molecular formula is C13H21N3O. The first-order valence-corrected chi connectivity index (χ1v) is 6.18. The Balaban J connectivity index is 2.04. The zero-order chi connectivity index (χ0) is 12.3. The number of nitrogens with one attached hydrogen (secondary N) is 1. The fourth-order valence-corrected chi connectivity index (χ4v) is 2.45. The Labute approximate surface area is 103 Å². The van der Waals surface area contributed by atoms with Gasteiger partial charge in [0.05, 0.1) is 12.2 Å². The van der Waals surface area contributed by atoms with Crippen LogP contribution >= 0.6 is 0 Å². The van der Waals surface area contributed by atoms with Crippen LogP contribution in [0.5, 0.6) is 0 Å². The molecule has 4 nitrogen and oxygen atoms in total. The normalized spacial score (nSPS) is 25.8. The number of hydrogen-bond acceptors (Lipinski definition) is 4. The SMILES string of the molecule is CNc1ncccc1CN1CC(C)OC(C)C1. The van der Waals surface area contributed by atoms with Gasteiger partial charge in [0.1, 0.15) is 5.82 Å². The summed E-state index contributed by atoms with van der Waals surface area (Å²) in [7, 11) is 1.91. The van der Waals surface area contributed by atoms with Crippen molar-refractivity contribution in [2.45, 2.75) is 32.6 Å². The molecule has 0 saturated carbocycles. The van der Waals surface area contributed by atoms with Gasteiger partial charge in [-0.2, -0.15) is 0 Å². The summed E-state index contributed by atoms with van der Waals surface area (Å²) in [4.78, 5) is 6.76. The van der Waals surface area contributed by atoms with Crippen LogP contribution in [0.3, 0.4) is 0 Å². The number of ether oxygens (including phenoxy) is 1. The lowest BCUT2D eigenvalue weighted by atomic mass is 10.2. The van der Waals surface area contributed by atoms with Crippen LogP contribution in [0.1, 0.15) is 19.4 Å². The van der Waals surface area contributed by atoms with E-state index in [-0.39, 0.29) is 0 Å². The summed E-state index contributed by atoms with van der Waals surface area (Å²) >= 11 is 0. The lowest BCUT2D eigenvalue weighted by molar-refractivity contribution is -0.0704. The fraction of sp³-hybridized carbons (Fsp3) is 0.615. The molecular weight excluding hydrogens is 214 g/mol. The number of rotatable bonds is 3. The zero-order valence-corrected chi connectivity index (χ0v) is 10.8. The van der Waals surface area contributed by atoms with Crippen molar-refractivity contribution in [1.82, 2.24) is 9.88 Å². The second kappa shape index (κ2) is 5.47. The highest BCUT2D eigenvalue weighted by atomic mass is 16.5. The Morgan fingerprint density at radius 1 is 1.41 bits per heavy atom. The van der Waals surface area contributed by atoms with Crippen molar-refractivity contribution in [3.63, 3.8) is 0 Å². The Morgan fingerprint density at radius 2 is 2.12 bits per heavy atom. The van der Waals surface area contributed by atoms with Gasteiger partial charge in [0.15, 0.2) is 0 Å². The second-order valence-corrected chi connectivity index (χ2v) is 4.71. The monoisotopic (exact) mass is 235 g/mol. The third-order valence-electron chi connectivity index (χ3n) is 3.02. The van der Waals surface area contributed by atoms with Crippen LogP contribution in [0.2, 0.25) is 0 Å². The third kappa shape index (κ3) is 3.17. The standard InChI is InChI=1S/C13H21N3O/c1-10-7-16(8-11(2)17-10)9-12-5-4-6-15-13(12)14-3/h4-6,10-11H,7-9H2,1-3H3,(H,14,15). The first-order chi connectivity index (χ1) is 8.19. The van der Waals surface area contributed by atoms with Crippen LogP contribution in [0.25, 0.3) is 0 Å². The molecule has 2 atom stereocenters. The molecule has 2 unspecified atom stereocenters. The molecule has 1 fully saturated rings. The molecule has 1 aromatic heterocycles. The summed E-state index contributed by atoms with van der Waals surface area (Å²) in [6, 6.07) is 4.12. The molecule has 0 amide bonds. The molecule has 0 bridgehead atoms. The first-order valence-electron chi connectivity index (χ1n) is 6.18. The summed E-state index contributed by atoms with van der Waals surface area (Å²) in [5.41, 5.74) is 1.25. The highest BCUT2D eigenvalue weighted by Gasteiger charge is 2.22. The predicted molar refractivity (Wildman–Crippen MR) is 69.1 cm³/mol. The average Bonchev–Trinajstić information content (AvgIpc) is 2.28. The lowest BCUT2D eigenvalue weighted by Gasteiger charge is -2.35. The van der Waals surface area contributed by atoms with Crippen molar-refractivity contribution in [3.05, 3.63) is 23.9 Å². The summed E-state index contributed by atoms with van der Waals surface area (Å²) in [5, 5.41) is 3.14. The second-order valence-electron chi connectivity index (χ2n) is 4.71. The van der Waals surface area contributed by atoms with Gasteiger partial charge in [-0.05, 0) is 19.9 Å². The van der Waals surface area contributed by atoms with Gasteiger partial charge >= 0.3 is 0 Å². The van der Waals surface area contributed by atoms with E-state index in [1.54, 1.807) is 0 Å². The Hall–Kier alpha value is -1.13. The lowest BCUT2D eigenvalue weighted by Crippen LogP contribution is -2.44. The summed E-state index contributed by atoms with van der Waals surface area (Å²) in [6.07, 6.45) is 2.45. The van der Waals surface area contributed by atoms with Gasteiger partial charge in [0, 0.05) is 38.4 Å². The van der Waals surface area contributed by atoms with E-state index in [0.29, 0.717) is 12.2 Å². The minimum Gasteiger partial charge on any atom is -0.373 e. The van der Waals surface area contributed by atoms with Crippen LogP contribution in [-0.2, 0) is 11.3 Å². The molecule has 2 heterocycles. The van der Waals surface area contributed by atoms with Crippen molar-refractivity contribution < 1.29 is 4.74 Å². The van der Waals surface area contributed by atoms with E-state index in [4.69, 9.17) is 4.74 Å². The summed E-state index contributed by atoms with van der Waals surface area (Å²) in [6.45, 7) is 7.17. The topological polar surface area (TPSA) is 37.4 Å². The van der Waals surface area contributed by atoms with E-state index in [1.165, 1.54) is 5.56 Å². The number of hydrogen-bond donors (Lipinski definition) is 1. The molecule has 1 aliphatic rings. The maximum Gasteiger partial charge on any atom is 0.130 e. The van der Waals surface area contributed by atoms with Crippen LogP contribution in [0.4, 0.5) is 5.82 Å². The molecule has 1 aromatic rings. The molecule has 1 saturated heterocycles. The van der Waals surface area contributed by atoms with E-state index >= 15 is 0 Å². The number of anilines is 1. The average molecular weight is 235 g/mol. The van der Waals surface area contributed by atoms with Gasteiger partial charge < -0.3 is 10.1 Å². The highest BCUT2D eigenvalue weighted by Crippen LogP contribution is 2.17. The molecule has 4 heteroatoms. The molecule has 0 aromatic carbocycles. The number of aromatic nitrogens is 1. The maximum absolute atomic E-state index is 5.74. The van der Waals surface area contributed by atoms with Crippen LogP contribution < -0.4 is 5.32 Å². The number of pyridine rings is 1. The molecule has 1 N–H and O–H groups in total. The van der Waals surface area contributed by atoms with Crippen LogP contribution in [0, 0.1) is 0 Å². The quantitative estimate of drug-likeness (QED) is 0.866. The molecule has 0 radical (unpaired) electrons. The number of morpholine rings is 1. The molecule has 94 valence electrons. The fourth-order valence-electron chi connectivity index (χ4n) is 2.45. The third-order valence-corrected chi connectivity index (χ3v) is 3.02. The van der Waals surface area contributed by atoms with Crippen LogP contribution in [0.15, 0.2) is 18.3 Å². The van der Waals surface area contributed by atoms with Crippen LogP contribution in [-0.4, -0.2) is 42.2 Å². The number of nitrogens with zero attached hydrogens (tertiary/aromatic N) is 2. The minimum absolute atomic E-state index is 0.313. The van der Waals surface area contributed by atoms with Crippen molar-refractivity contribution >= 4 is 5.82 Å². The maximum atomic E-state index is 5.74. The van der Waals surface area contributed by atoms with Crippen molar-refractivity contribution in [1.29, 1.82) is 0 Å². The van der Waals surface area contributed by atoms with Crippen molar-refractivity contribution in [3.8, 4) is 0 Å². The molecule has 17 heavy (non-hydrogen) atoms. The Kier molecular flexibility index (Phi) is 3.97.